The average Bonchev–Trinajstić information content (AvgIpc) is 3.19. The third kappa shape index (κ3) is 5.59. The molecular weight excluding hydrogens is 468 g/mol. The Balaban J connectivity index is 1.63. The Morgan fingerprint density at radius 1 is 1.09 bits per heavy atom. The van der Waals surface area contributed by atoms with Gasteiger partial charge in [-0.2, -0.15) is 5.26 Å². The summed E-state index contributed by atoms with van der Waals surface area (Å²) in [6.45, 7) is 1.94. The molecule has 0 unspecified atom stereocenters. The van der Waals surface area contributed by atoms with Crippen LogP contribution in [0, 0.1) is 11.3 Å². The predicted molar refractivity (Wildman–Crippen MR) is 129 cm³/mol. The van der Waals surface area contributed by atoms with E-state index in [-0.39, 0.29) is 24.7 Å². The van der Waals surface area contributed by atoms with Crippen molar-refractivity contribution in [3.63, 3.8) is 0 Å². The van der Waals surface area contributed by atoms with Gasteiger partial charge in [-0.1, -0.05) is 18.2 Å². The number of imidazole rings is 1. The molecule has 0 aliphatic carbocycles. The fourth-order valence-corrected chi connectivity index (χ4v) is 4.52. The van der Waals surface area contributed by atoms with Gasteiger partial charge in [0, 0.05) is 0 Å². The zero-order chi connectivity index (χ0) is 24.8. The summed E-state index contributed by atoms with van der Waals surface area (Å²) in [5, 5.41) is 8.95. The van der Waals surface area contributed by atoms with Crippen molar-refractivity contribution >= 4 is 32.7 Å². The molecule has 35 heavy (non-hydrogen) atoms. The molecule has 1 heterocycles. The lowest BCUT2D eigenvalue weighted by Crippen LogP contribution is -2.16. The second-order valence-electron chi connectivity index (χ2n) is 7.47. The summed E-state index contributed by atoms with van der Waals surface area (Å²) in [5.74, 6) is 0.566. The maximum atomic E-state index is 12.7. The van der Waals surface area contributed by atoms with E-state index in [2.05, 4.69) is 9.71 Å². The van der Waals surface area contributed by atoms with Crippen molar-refractivity contribution in [1.29, 1.82) is 5.26 Å². The van der Waals surface area contributed by atoms with E-state index in [1.54, 1.807) is 72.2 Å². The summed E-state index contributed by atoms with van der Waals surface area (Å²) in [5.41, 5.74) is 1.96. The van der Waals surface area contributed by atoms with Gasteiger partial charge in [0.05, 0.1) is 39.9 Å². The molecule has 1 N–H and O–H groups in total. The SMILES string of the molecule is CCOC(=O)Cn1c(COc2ccc(C#N)cc2)nc2cc(NS(=O)(=O)c3ccccc3)ccc21. The first-order valence-electron chi connectivity index (χ1n) is 10.7. The number of hydrogen-bond donors (Lipinski definition) is 1. The van der Waals surface area contributed by atoms with Crippen molar-refractivity contribution in [3.8, 4) is 11.8 Å². The lowest BCUT2D eigenvalue weighted by Gasteiger charge is -2.11. The Kier molecular flexibility index (Phi) is 6.98. The molecule has 178 valence electrons. The Labute approximate surface area is 202 Å². The number of rotatable bonds is 9. The van der Waals surface area contributed by atoms with E-state index in [0.717, 1.165) is 0 Å². The van der Waals surface area contributed by atoms with Crippen molar-refractivity contribution in [2.45, 2.75) is 25.0 Å². The molecule has 0 saturated carbocycles. The van der Waals surface area contributed by atoms with Crippen molar-refractivity contribution in [2.24, 2.45) is 0 Å². The molecule has 9 nitrogen and oxygen atoms in total. The maximum absolute atomic E-state index is 12.7. The van der Waals surface area contributed by atoms with Crippen LogP contribution < -0.4 is 9.46 Å². The summed E-state index contributed by atoms with van der Waals surface area (Å²) < 4.78 is 40.5. The second kappa shape index (κ2) is 10.3. The number of carbonyl (C=O) groups excluding carboxylic acids is 1. The maximum Gasteiger partial charge on any atom is 0.326 e. The van der Waals surface area contributed by atoms with Crippen LogP contribution >= 0.6 is 0 Å². The van der Waals surface area contributed by atoms with E-state index in [1.165, 1.54) is 12.1 Å². The number of aromatic nitrogens is 2. The smallest absolute Gasteiger partial charge is 0.326 e. The Hall–Kier alpha value is -4.36. The van der Waals surface area contributed by atoms with Crippen molar-refractivity contribution in [2.75, 3.05) is 11.3 Å². The molecule has 0 radical (unpaired) electrons. The standard InChI is InChI=1S/C25H22N4O5S/c1-2-33-25(30)16-29-23-13-10-19(28-35(31,32)21-6-4-3-5-7-21)14-22(23)27-24(29)17-34-20-11-8-18(15-26)9-12-20/h3-14,28H,2,16-17H2,1H3. The minimum Gasteiger partial charge on any atom is -0.486 e. The molecule has 0 amide bonds. The third-order valence-electron chi connectivity index (χ3n) is 5.08. The number of nitriles is 1. The lowest BCUT2D eigenvalue weighted by molar-refractivity contribution is -0.143. The summed E-state index contributed by atoms with van der Waals surface area (Å²) in [4.78, 5) is 17.0. The molecule has 4 aromatic rings. The number of hydrogen-bond acceptors (Lipinski definition) is 7. The third-order valence-corrected chi connectivity index (χ3v) is 6.47. The van der Waals surface area contributed by atoms with E-state index in [4.69, 9.17) is 14.7 Å². The molecule has 1 aromatic heterocycles. The first kappa shape index (κ1) is 23.8. The van der Waals surface area contributed by atoms with Gasteiger partial charge in [-0.05, 0) is 61.5 Å². The number of nitrogens with zero attached hydrogens (tertiary/aromatic N) is 3. The van der Waals surface area contributed by atoms with Gasteiger partial charge in [0.1, 0.15) is 24.7 Å². The molecule has 0 fully saturated rings. The molecule has 0 saturated heterocycles. The van der Waals surface area contributed by atoms with Crippen molar-refractivity contribution in [3.05, 3.63) is 84.2 Å². The van der Waals surface area contributed by atoms with E-state index in [9.17, 15) is 13.2 Å². The van der Waals surface area contributed by atoms with Gasteiger partial charge in [-0.25, -0.2) is 13.4 Å². The fraction of sp³-hybridized carbons (Fsp3) is 0.160. The number of anilines is 1. The highest BCUT2D eigenvalue weighted by Crippen LogP contribution is 2.24. The molecule has 0 atom stereocenters. The van der Waals surface area contributed by atoms with Crippen LogP contribution in [-0.2, 0) is 32.7 Å². The quantitative estimate of drug-likeness (QED) is 0.354. The molecule has 3 aromatic carbocycles. The van der Waals surface area contributed by atoms with Gasteiger partial charge >= 0.3 is 5.97 Å². The van der Waals surface area contributed by atoms with E-state index in [1.807, 2.05) is 6.07 Å². The monoisotopic (exact) mass is 490 g/mol. The summed E-state index contributed by atoms with van der Waals surface area (Å²) in [6, 6.07) is 21.6. The number of fused-ring (bicyclic) bond motifs is 1. The van der Waals surface area contributed by atoms with Crippen LogP contribution in [0.15, 0.2) is 77.7 Å². The van der Waals surface area contributed by atoms with Gasteiger partial charge in [-0.3, -0.25) is 9.52 Å². The van der Waals surface area contributed by atoms with Gasteiger partial charge < -0.3 is 14.0 Å². The molecule has 4 rings (SSSR count). The number of benzene rings is 3. The second-order valence-corrected chi connectivity index (χ2v) is 9.15. The highest BCUT2D eigenvalue weighted by molar-refractivity contribution is 7.92. The zero-order valence-electron chi connectivity index (χ0n) is 18.8. The van der Waals surface area contributed by atoms with Gasteiger partial charge in [-0.15, -0.1) is 0 Å². The summed E-state index contributed by atoms with van der Waals surface area (Å²) >= 11 is 0. The molecule has 0 aliphatic heterocycles. The van der Waals surface area contributed by atoms with Gasteiger partial charge in [0.15, 0.2) is 0 Å². The van der Waals surface area contributed by atoms with E-state index < -0.39 is 16.0 Å². The van der Waals surface area contributed by atoms with Crippen LogP contribution in [0.4, 0.5) is 5.69 Å². The molecule has 10 heteroatoms. The highest BCUT2D eigenvalue weighted by atomic mass is 32.2. The number of ether oxygens (including phenoxy) is 2. The summed E-state index contributed by atoms with van der Waals surface area (Å²) in [6.07, 6.45) is 0. The van der Waals surface area contributed by atoms with Crippen molar-refractivity contribution in [1.82, 2.24) is 9.55 Å². The van der Waals surface area contributed by atoms with Crippen LogP contribution in [0.2, 0.25) is 0 Å². The normalized spacial score (nSPS) is 11.1. The number of nitrogens with one attached hydrogen (secondary N) is 1. The average molecular weight is 491 g/mol. The molecule has 0 bridgehead atoms. The lowest BCUT2D eigenvalue weighted by atomic mass is 10.2. The van der Waals surface area contributed by atoms with Gasteiger partial charge in [0.25, 0.3) is 10.0 Å². The van der Waals surface area contributed by atoms with E-state index in [0.29, 0.717) is 33.9 Å². The number of sulfonamides is 1. The Bertz CT molecular complexity index is 1490. The summed E-state index contributed by atoms with van der Waals surface area (Å²) in [7, 11) is -3.77. The molecule has 0 spiro atoms. The Morgan fingerprint density at radius 3 is 2.51 bits per heavy atom. The minimum absolute atomic E-state index is 0.0467. The van der Waals surface area contributed by atoms with Crippen LogP contribution in [0.3, 0.4) is 0 Å². The zero-order valence-corrected chi connectivity index (χ0v) is 19.7. The number of esters is 1. The highest BCUT2D eigenvalue weighted by Gasteiger charge is 2.18. The van der Waals surface area contributed by atoms with Crippen LogP contribution in [0.1, 0.15) is 18.3 Å². The number of carbonyl (C=O) groups is 1. The van der Waals surface area contributed by atoms with Crippen LogP contribution in [0.25, 0.3) is 11.0 Å². The first-order chi connectivity index (χ1) is 16.9. The van der Waals surface area contributed by atoms with E-state index >= 15 is 0 Å². The minimum atomic E-state index is -3.77. The van der Waals surface area contributed by atoms with Crippen LogP contribution in [-0.4, -0.2) is 30.5 Å². The predicted octanol–water partition coefficient (Wildman–Crippen LogP) is 3.85. The topological polar surface area (TPSA) is 123 Å². The van der Waals surface area contributed by atoms with Gasteiger partial charge in [0.2, 0.25) is 0 Å². The largest absolute Gasteiger partial charge is 0.486 e. The fourth-order valence-electron chi connectivity index (χ4n) is 3.45. The molecule has 0 aliphatic rings. The first-order valence-corrected chi connectivity index (χ1v) is 12.2. The molecular formula is C25H22N4O5S. The van der Waals surface area contributed by atoms with Crippen LogP contribution in [0.5, 0.6) is 5.75 Å². The van der Waals surface area contributed by atoms with Crippen molar-refractivity contribution < 1.29 is 22.7 Å². The Morgan fingerprint density at radius 2 is 1.83 bits per heavy atom.